The molecule has 27 heavy (non-hydrogen) atoms. The number of rotatable bonds is 5. The molecular weight excluding hydrogens is 366 g/mol. The second-order valence-corrected chi connectivity index (χ2v) is 6.92. The third-order valence-electron chi connectivity index (χ3n) is 4.01. The molecule has 1 aromatic carbocycles. The van der Waals surface area contributed by atoms with Crippen molar-refractivity contribution in [2.45, 2.75) is 26.8 Å². The number of amides is 1. The highest BCUT2D eigenvalue weighted by molar-refractivity contribution is 7.10. The molecular formula is C18H19N5O3S. The van der Waals surface area contributed by atoms with Crippen LogP contribution in [0.2, 0.25) is 0 Å². The van der Waals surface area contributed by atoms with Crippen LogP contribution in [0.25, 0.3) is 11.3 Å². The third-order valence-corrected chi connectivity index (χ3v) is 4.86. The second-order valence-electron chi connectivity index (χ2n) is 5.98. The molecule has 0 atom stereocenters. The van der Waals surface area contributed by atoms with Crippen LogP contribution < -0.4 is 22.3 Å². The molecule has 0 fully saturated rings. The van der Waals surface area contributed by atoms with Gasteiger partial charge in [-0.1, -0.05) is 17.7 Å². The molecule has 0 saturated heterocycles. The number of anilines is 2. The molecule has 0 aliphatic carbocycles. The standard InChI is InChI=1S/C18H19N5O3S/c1-3-23-16(19)15(17(25)22-18(23)26)12-9-27-14(21-12)8-13(24)20-11-6-4-10(2)5-7-11/h4-7,9H,3,8,19H2,1-2H3,(H,20,24)(H,22,25,26). The number of hydrogen-bond donors (Lipinski definition) is 3. The van der Waals surface area contributed by atoms with Gasteiger partial charge in [0.2, 0.25) is 5.91 Å². The Balaban J connectivity index is 1.81. The lowest BCUT2D eigenvalue weighted by atomic mass is 10.2. The van der Waals surface area contributed by atoms with Gasteiger partial charge in [0.25, 0.3) is 5.56 Å². The highest BCUT2D eigenvalue weighted by Gasteiger charge is 2.17. The predicted molar refractivity (Wildman–Crippen MR) is 106 cm³/mol. The first-order valence-corrected chi connectivity index (χ1v) is 9.21. The molecule has 0 bridgehead atoms. The van der Waals surface area contributed by atoms with E-state index in [1.54, 1.807) is 12.3 Å². The summed E-state index contributed by atoms with van der Waals surface area (Å²) in [5.41, 5.74) is 7.12. The molecule has 0 spiro atoms. The maximum absolute atomic E-state index is 12.2. The molecule has 2 aromatic heterocycles. The SMILES string of the molecule is CCn1c(N)c(-c2csc(CC(=O)Nc3ccc(C)cc3)n2)c(=O)[nH]c1=O. The van der Waals surface area contributed by atoms with Crippen LogP contribution in [0.4, 0.5) is 11.5 Å². The Morgan fingerprint density at radius 1 is 1.30 bits per heavy atom. The van der Waals surface area contributed by atoms with Crippen molar-refractivity contribution in [3.05, 3.63) is 61.1 Å². The summed E-state index contributed by atoms with van der Waals surface area (Å²) in [6, 6.07) is 7.48. The topological polar surface area (TPSA) is 123 Å². The van der Waals surface area contributed by atoms with E-state index in [-0.39, 0.29) is 23.7 Å². The molecule has 0 radical (unpaired) electrons. The van der Waals surface area contributed by atoms with Crippen molar-refractivity contribution < 1.29 is 4.79 Å². The maximum atomic E-state index is 12.2. The van der Waals surface area contributed by atoms with Gasteiger partial charge in [-0.3, -0.25) is 19.1 Å². The fourth-order valence-corrected chi connectivity index (χ4v) is 3.42. The van der Waals surface area contributed by atoms with Gasteiger partial charge in [0.15, 0.2) is 0 Å². The zero-order valence-corrected chi connectivity index (χ0v) is 15.7. The minimum Gasteiger partial charge on any atom is -0.384 e. The fraction of sp³-hybridized carbons (Fsp3) is 0.222. The lowest BCUT2D eigenvalue weighted by molar-refractivity contribution is -0.115. The van der Waals surface area contributed by atoms with Crippen LogP contribution in [0.3, 0.4) is 0 Å². The zero-order valence-electron chi connectivity index (χ0n) is 14.9. The summed E-state index contributed by atoms with van der Waals surface area (Å²) in [5, 5.41) is 5.00. The fourth-order valence-electron chi connectivity index (χ4n) is 2.64. The minimum atomic E-state index is -0.594. The Morgan fingerprint density at radius 3 is 2.67 bits per heavy atom. The van der Waals surface area contributed by atoms with E-state index in [0.717, 1.165) is 5.56 Å². The largest absolute Gasteiger partial charge is 0.384 e. The van der Waals surface area contributed by atoms with Crippen molar-refractivity contribution >= 4 is 28.7 Å². The van der Waals surface area contributed by atoms with Gasteiger partial charge in [-0.15, -0.1) is 11.3 Å². The van der Waals surface area contributed by atoms with Crippen LogP contribution in [0, 0.1) is 6.92 Å². The second kappa shape index (κ2) is 7.58. The molecule has 1 amide bonds. The summed E-state index contributed by atoms with van der Waals surface area (Å²) in [4.78, 5) is 42.7. The summed E-state index contributed by atoms with van der Waals surface area (Å²) in [7, 11) is 0. The first kappa shape index (κ1) is 18.6. The molecule has 0 aliphatic rings. The monoisotopic (exact) mass is 385 g/mol. The molecule has 8 nitrogen and oxygen atoms in total. The molecule has 2 heterocycles. The van der Waals surface area contributed by atoms with Crippen LogP contribution >= 0.6 is 11.3 Å². The Morgan fingerprint density at radius 2 is 2.00 bits per heavy atom. The Labute approximate surface area is 158 Å². The van der Waals surface area contributed by atoms with Crippen molar-refractivity contribution in [1.29, 1.82) is 0 Å². The number of hydrogen-bond acceptors (Lipinski definition) is 6. The lowest BCUT2D eigenvalue weighted by Crippen LogP contribution is -2.33. The Hall–Kier alpha value is -3.20. The van der Waals surface area contributed by atoms with E-state index in [1.807, 2.05) is 31.2 Å². The third kappa shape index (κ3) is 3.98. The number of carbonyl (C=O) groups is 1. The van der Waals surface area contributed by atoms with Gasteiger partial charge in [-0.2, -0.15) is 0 Å². The van der Waals surface area contributed by atoms with Crippen molar-refractivity contribution in [3.8, 4) is 11.3 Å². The maximum Gasteiger partial charge on any atom is 0.329 e. The minimum absolute atomic E-state index is 0.0622. The highest BCUT2D eigenvalue weighted by Crippen LogP contribution is 2.23. The molecule has 4 N–H and O–H groups in total. The van der Waals surface area contributed by atoms with E-state index in [2.05, 4.69) is 15.3 Å². The average molecular weight is 385 g/mol. The van der Waals surface area contributed by atoms with E-state index in [9.17, 15) is 14.4 Å². The number of carbonyl (C=O) groups excluding carboxylic acids is 1. The number of nitrogens with one attached hydrogen (secondary N) is 2. The first-order valence-electron chi connectivity index (χ1n) is 8.33. The zero-order chi connectivity index (χ0) is 19.6. The smallest absolute Gasteiger partial charge is 0.329 e. The van der Waals surface area contributed by atoms with E-state index in [1.165, 1.54) is 15.9 Å². The Kier molecular flexibility index (Phi) is 5.22. The number of aromatic amines is 1. The highest BCUT2D eigenvalue weighted by atomic mass is 32.1. The van der Waals surface area contributed by atoms with Crippen LogP contribution in [0.15, 0.2) is 39.2 Å². The van der Waals surface area contributed by atoms with Crippen LogP contribution in [-0.2, 0) is 17.8 Å². The van der Waals surface area contributed by atoms with E-state index in [0.29, 0.717) is 22.9 Å². The average Bonchev–Trinajstić information content (AvgIpc) is 3.04. The van der Waals surface area contributed by atoms with Gasteiger partial charge in [0, 0.05) is 17.6 Å². The van der Waals surface area contributed by atoms with Gasteiger partial charge in [0.05, 0.1) is 12.1 Å². The lowest BCUT2D eigenvalue weighted by Gasteiger charge is -2.08. The summed E-state index contributed by atoms with van der Waals surface area (Å²) >= 11 is 1.25. The van der Waals surface area contributed by atoms with Gasteiger partial charge in [0.1, 0.15) is 16.4 Å². The summed E-state index contributed by atoms with van der Waals surface area (Å²) < 4.78 is 1.26. The van der Waals surface area contributed by atoms with E-state index < -0.39 is 11.2 Å². The number of aryl methyl sites for hydroxylation is 1. The van der Waals surface area contributed by atoms with E-state index >= 15 is 0 Å². The number of H-pyrrole nitrogens is 1. The number of nitrogen functional groups attached to an aromatic ring is 1. The molecule has 9 heteroatoms. The van der Waals surface area contributed by atoms with Crippen LogP contribution in [0.5, 0.6) is 0 Å². The van der Waals surface area contributed by atoms with Crippen molar-refractivity contribution in [3.63, 3.8) is 0 Å². The summed E-state index contributed by atoms with van der Waals surface area (Å²) in [6.07, 6.45) is 0.0732. The molecule has 0 aliphatic heterocycles. The van der Waals surface area contributed by atoms with Crippen molar-refractivity contribution in [2.75, 3.05) is 11.1 Å². The van der Waals surface area contributed by atoms with Gasteiger partial charge < -0.3 is 11.1 Å². The molecule has 3 aromatic rings. The van der Waals surface area contributed by atoms with Crippen LogP contribution in [-0.4, -0.2) is 20.4 Å². The van der Waals surface area contributed by atoms with Crippen molar-refractivity contribution in [2.24, 2.45) is 0 Å². The quantitative estimate of drug-likeness (QED) is 0.617. The molecule has 0 unspecified atom stereocenters. The first-order chi connectivity index (χ1) is 12.9. The number of nitrogens with two attached hydrogens (primary N) is 1. The number of aromatic nitrogens is 3. The summed E-state index contributed by atoms with van der Waals surface area (Å²) in [5.74, 6) is -0.146. The van der Waals surface area contributed by atoms with Crippen LogP contribution in [0.1, 0.15) is 17.5 Å². The predicted octanol–water partition coefficient (Wildman–Crippen LogP) is 1.75. The van der Waals surface area contributed by atoms with E-state index in [4.69, 9.17) is 5.73 Å². The molecule has 3 rings (SSSR count). The number of nitrogens with zero attached hydrogens (tertiary/aromatic N) is 2. The van der Waals surface area contributed by atoms with Crippen molar-refractivity contribution in [1.82, 2.24) is 14.5 Å². The molecule has 0 saturated carbocycles. The summed E-state index contributed by atoms with van der Waals surface area (Å²) in [6.45, 7) is 4.05. The normalized spacial score (nSPS) is 10.7. The number of benzene rings is 1. The Bertz CT molecular complexity index is 1100. The van der Waals surface area contributed by atoms with Gasteiger partial charge >= 0.3 is 5.69 Å². The van der Waals surface area contributed by atoms with Gasteiger partial charge in [-0.25, -0.2) is 9.78 Å². The van der Waals surface area contributed by atoms with Gasteiger partial charge in [-0.05, 0) is 26.0 Å². The number of thiazole rings is 1. The molecule has 140 valence electrons.